The summed E-state index contributed by atoms with van der Waals surface area (Å²) in [4.78, 5) is 13.9. The van der Waals surface area contributed by atoms with Crippen molar-refractivity contribution in [2.75, 3.05) is 31.6 Å². The van der Waals surface area contributed by atoms with Gasteiger partial charge in [0.25, 0.3) is 0 Å². The molecular weight excluding hydrogens is 238 g/mol. The van der Waals surface area contributed by atoms with Gasteiger partial charge in [0.15, 0.2) is 0 Å². The zero-order valence-corrected chi connectivity index (χ0v) is 11.8. The third-order valence-corrected chi connectivity index (χ3v) is 3.67. The Morgan fingerprint density at radius 3 is 2.95 bits per heavy atom. The summed E-state index contributed by atoms with van der Waals surface area (Å²) in [5.74, 6) is 0.135. The van der Waals surface area contributed by atoms with Crippen LogP contribution < -0.4 is 15.5 Å². The molecule has 0 radical (unpaired) electrons. The second-order valence-corrected chi connectivity index (χ2v) is 4.88. The molecule has 19 heavy (non-hydrogen) atoms. The van der Waals surface area contributed by atoms with Gasteiger partial charge in [-0.2, -0.15) is 0 Å². The molecule has 1 aromatic rings. The lowest BCUT2D eigenvalue weighted by atomic mass is 9.96. The number of carbonyl (C=O) groups is 1. The molecule has 0 saturated carbocycles. The van der Waals surface area contributed by atoms with Crippen molar-refractivity contribution in [3.8, 4) is 0 Å². The molecule has 1 atom stereocenters. The van der Waals surface area contributed by atoms with Crippen LogP contribution in [-0.4, -0.2) is 32.6 Å². The van der Waals surface area contributed by atoms with Gasteiger partial charge < -0.3 is 15.5 Å². The van der Waals surface area contributed by atoms with Crippen LogP contribution in [-0.2, 0) is 4.79 Å². The van der Waals surface area contributed by atoms with Crippen molar-refractivity contribution < 1.29 is 4.79 Å². The highest BCUT2D eigenvalue weighted by molar-refractivity contribution is 5.76. The summed E-state index contributed by atoms with van der Waals surface area (Å²) in [6.07, 6.45) is 1.65. The number of rotatable bonds is 5. The lowest BCUT2D eigenvalue weighted by molar-refractivity contribution is -0.120. The number of carbonyl (C=O) groups excluding carboxylic acids is 1. The molecule has 0 aliphatic carbocycles. The van der Waals surface area contributed by atoms with E-state index in [0.29, 0.717) is 19.0 Å². The molecule has 1 unspecified atom stereocenters. The molecule has 1 heterocycles. The molecule has 2 rings (SSSR count). The standard InChI is InChI=1S/C15H23N3O/c1-3-17-15(19)9-11-18-10-8-13(16-2)12-6-4-5-7-14(12)18/h4-7,13,16H,3,8-11H2,1-2H3,(H,17,19). The smallest absolute Gasteiger partial charge is 0.221 e. The van der Waals surface area contributed by atoms with Crippen LogP contribution in [0.1, 0.15) is 31.4 Å². The topological polar surface area (TPSA) is 44.4 Å². The number of hydrogen-bond acceptors (Lipinski definition) is 3. The fourth-order valence-electron chi connectivity index (χ4n) is 2.69. The average molecular weight is 261 g/mol. The van der Waals surface area contributed by atoms with Crippen molar-refractivity contribution in [3.63, 3.8) is 0 Å². The first-order valence-corrected chi connectivity index (χ1v) is 7.04. The zero-order chi connectivity index (χ0) is 13.7. The first-order chi connectivity index (χ1) is 9.26. The normalized spacial score (nSPS) is 18.0. The van der Waals surface area contributed by atoms with Gasteiger partial charge >= 0.3 is 0 Å². The van der Waals surface area contributed by atoms with Gasteiger partial charge in [-0.25, -0.2) is 0 Å². The van der Waals surface area contributed by atoms with E-state index in [2.05, 4.69) is 39.8 Å². The van der Waals surface area contributed by atoms with Crippen LogP contribution in [0.5, 0.6) is 0 Å². The van der Waals surface area contributed by atoms with Gasteiger partial charge in [0.1, 0.15) is 0 Å². The van der Waals surface area contributed by atoms with Crippen molar-refractivity contribution in [1.82, 2.24) is 10.6 Å². The van der Waals surface area contributed by atoms with Crippen LogP contribution in [0.3, 0.4) is 0 Å². The highest BCUT2D eigenvalue weighted by Crippen LogP contribution is 2.33. The molecule has 104 valence electrons. The second-order valence-electron chi connectivity index (χ2n) is 4.88. The first-order valence-electron chi connectivity index (χ1n) is 7.04. The van der Waals surface area contributed by atoms with Crippen molar-refractivity contribution in [2.24, 2.45) is 0 Å². The summed E-state index contributed by atoms with van der Waals surface area (Å²) in [6.45, 7) is 4.45. The Labute approximate surface area is 115 Å². The largest absolute Gasteiger partial charge is 0.371 e. The highest BCUT2D eigenvalue weighted by atomic mass is 16.1. The molecule has 2 N–H and O–H groups in total. The van der Waals surface area contributed by atoms with Gasteiger partial charge in [0, 0.05) is 37.8 Å². The van der Waals surface area contributed by atoms with Gasteiger partial charge in [-0.05, 0) is 32.0 Å². The summed E-state index contributed by atoms with van der Waals surface area (Å²) in [5.41, 5.74) is 2.60. The number of anilines is 1. The quantitative estimate of drug-likeness (QED) is 0.847. The van der Waals surface area contributed by atoms with E-state index in [-0.39, 0.29) is 5.91 Å². The summed E-state index contributed by atoms with van der Waals surface area (Å²) >= 11 is 0. The maximum atomic E-state index is 11.6. The van der Waals surface area contributed by atoms with E-state index in [1.165, 1.54) is 11.3 Å². The maximum absolute atomic E-state index is 11.6. The van der Waals surface area contributed by atoms with Gasteiger partial charge in [-0.3, -0.25) is 4.79 Å². The van der Waals surface area contributed by atoms with E-state index < -0.39 is 0 Å². The minimum atomic E-state index is 0.135. The molecule has 0 fully saturated rings. The molecule has 1 aromatic carbocycles. The third kappa shape index (κ3) is 3.26. The number of amides is 1. The Bertz CT molecular complexity index is 433. The number of nitrogens with one attached hydrogen (secondary N) is 2. The molecule has 4 heteroatoms. The number of benzene rings is 1. The molecule has 1 amide bonds. The van der Waals surface area contributed by atoms with Gasteiger partial charge in [-0.15, -0.1) is 0 Å². The molecule has 0 saturated heterocycles. The maximum Gasteiger partial charge on any atom is 0.221 e. The molecule has 0 spiro atoms. The summed E-state index contributed by atoms with van der Waals surface area (Å²) in [5, 5.41) is 6.21. The van der Waals surface area contributed by atoms with Gasteiger partial charge in [-0.1, -0.05) is 18.2 Å². The van der Waals surface area contributed by atoms with Crippen molar-refractivity contribution in [1.29, 1.82) is 0 Å². The van der Waals surface area contributed by atoms with Gasteiger partial charge in [0.2, 0.25) is 5.91 Å². The van der Waals surface area contributed by atoms with Crippen LogP contribution in [0.15, 0.2) is 24.3 Å². The molecule has 4 nitrogen and oxygen atoms in total. The van der Waals surface area contributed by atoms with Crippen LogP contribution in [0.4, 0.5) is 5.69 Å². The van der Waals surface area contributed by atoms with Crippen molar-refractivity contribution >= 4 is 11.6 Å². The molecule has 0 aromatic heterocycles. The zero-order valence-electron chi connectivity index (χ0n) is 11.8. The number of hydrogen-bond donors (Lipinski definition) is 2. The summed E-state index contributed by atoms with van der Waals surface area (Å²) in [6, 6.07) is 8.90. The Morgan fingerprint density at radius 1 is 1.42 bits per heavy atom. The summed E-state index contributed by atoms with van der Waals surface area (Å²) < 4.78 is 0. The SMILES string of the molecule is CCNC(=O)CCN1CCC(NC)c2ccccc21. The van der Waals surface area contributed by atoms with E-state index in [4.69, 9.17) is 0 Å². The number of nitrogens with zero attached hydrogens (tertiary/aromatic N) is 1. The minimum Gasteiger partial charge on any atom is -0.371 e. The third-order valence-electron chi connectivity index (χ3n) is 3.67. The lowest BCUT2D eigenvalue weighted by Crippen LogP contribution is -2.37. The van der Waals surface area contributed by atoms with Crippen molar-refractivity contribution in [2.45, 2.75) is 25.8 Å². The monoisotopic (exact) mass is 261 g/mol. The predicted octanol–water partition coefficient (Wildman–Crippen LogP) is 1.68. The number of para-hydroxylation sites is 1. The Hall–Kier alpha value is -1.55. The first kappa shape index (κ1) is 13.9. The molecule has 1 aliphatic heterocycles. The van der Waals surface area contributed by atoms with E-state index in [0.717, 1.165) is 19.5 Å². The predicted molar refractivity (Wildman–Crippen MR) is 78.4 cm³/mol. The Balaban J connectivity index is 2.05. The van der Waals surface area contributed by atoms with E-state index in [1.807, 2.05) is 14.0 Å². The van der Waals surface area contributed by atoms with Gasteiger partial charge in [0.05, 0.1) is 0 Å². The molecule has 0 bridgehead atoms. The van der Waals surface area contributed by atoms with E-state index in [9.17, 15) is 4.79 Å². The van der Waals surface area contributed by atoms with Crippen LogP contribution in [0, 0.1) is 0 Å². The van der Waals surface area contributed by atoms with Crippen LogP contribution in [0.2, 0.25) is 0 Å². The average Bonchev–Trinajstić information content (AvgIpc) is 2.45. The summed E-state index contributed by atoms with van der Waals surface area (Å²) in [7, 11) is 2.01. The van der Waals surface area contributed by atoms with E-state index in [1.54, 1.807) is 0 Å². The van der Waals surface area contributed by atoms with Crippen molar-refractivity contribution in [3.05, 3.63) is 29.8 Å². The fourth-order valence-corrected chi connectivity index (χ4v) is 2.69. The van der Waals surface area contributed by atoms with Crippen LogP contribution in [0.25, 0.3) is 0 Å². The Kier molecular flexibility index (Phi) is 4.80. The van der Waals surface area contributed by atoms with E-state index >= 15 is 0 Å². The molecule has 1 aliphatic rings. The highest BCUT2D eigenvalue weighted by Gasteiger charge is 2.23. The Morgan fingerprint density at radius 2 is 2.21 bits per heavy atom. The number of fused-ring (bicyclic) bond motifs is 1. The molecular formula is C15H23N3O. The van der Waals surface area contributed by atoms with Crippen LogP contribution >= 0.6 is 0 Å². The fraction of sp³-hybridized carbons (Fsp3) is 0.533. The lowest BCUT2D eigenvalue weighted by Gasteiger charge is -2.35. The minimum absolute atomic E-state index is 0.135. The second kappa shape index (κ2) is 6.57.